The maximum Gasteiger partial charge on any atom is 0.160 e. The lowest BCUT2D eigenvalue weighted by molar-refractivity contribution is 0.493. The molecule has 0 spiro atoms. The molecule has 0 amide bonds. The van der Waals surface area contributed by atoms with Crippen molar-refractivity contribution in [3.8, 4) is 0 Å². The van der Waals surface area contributed by atoms with E-state index in [0.29, 0.717) is 18.1 Å². The molecular formula is C16H20F2N4S. The quantitative estimate of drug-likeness (QED) is 0.558. The highest BCUT2D eigenvalue weighted by Crippen LogP contribution is 2.31. The van der Waals surface area contributed by atoms with Crippen LogP contribution in [0.25, 0.3) is 0 Å². The fourth-order valence-electron chi connectivity index (χ4n) is 2.08. The molecule has 23 heavy (non-hydrogen) atoms. The first-order valence-corrected chi connectivity index (χ1v) is 8.01. The molecule has 0 aliphatic rings. The van der Waals surface area contributed by atoms with Gasteiger partial charge >= 0.3 is 0 Å². The molecule has 0 radical (unpaired) electrons. The SMILES string of the molecule is CNCCN(C)C(=N)c1cc(C)sc1Nc1ccc(F)c(F)c1. The van der Waals surface area contributed by atoms with Crippen LogP contribution >= 0.6 is 11.3 Å². The van der Waals surface area contributed by atoms with E-state index < -0.39 is 11.6 Å². The third kappa shape index (κ3) is 4.27. The van der Waals surface area contributed by atoms with Gasteiger partial charge in [0.05, 0.1) is 5.56 Å². The van der Waals surface area contributed by atoms with Crippen molar-refractivity contribution in [2.24, 2.45) is 0 Å². The minimum atomic E-state index is -0.897. The second kappa shape index (κ2) is 7.52. The lowest BCUT2D eigenvalue weighted by atomic mass is 10.2. The largest absolute Gasteiger partial charge is 0.358 e. The number of likely N-dealkylation sites (N-methyl/N-ethyl adjacent to an activating group) is 2. The van der Waals surface area contributed by atoms with Gasteiger partial charge in [0.15, 0.2) is 11.6 Å². The molecule has 0 aliphatic heterocycles. The summed E-state index contributed by atoms with van der Waals surface area (Å²) < 4.78 is 26.4. The first kappa shape index (κ1) is 17.4. The first-order valence-electron chi connectivity index (χ1n) is 7.19. The molecule has 1 aromatic carbocycles. The van der Waals surface area contributed by atoms with E-state index in [9.17, 15) is 8.78 Å². The Morgan fingerprint density at radius 1 is 1.26 bits per heavy atom. The highest BCUT2D eigenvalue weighted by atomic mass is 32.1. The van der Waals surface area contributed by atoms with Crippen LogP contribution in [0.4, 0.5) is 19.5 Å². The summed E-state index contributed by atoms with van der Waals surface area (Å²) >= 11 is 1.48. The summed E-state index contributed by atoms with van der Waals surface area (Å²) in [4.78, 5) is 2.88. The molecule has 4 nitrogen and oxygen atoms in total. The van der Waals surface area contributed by atoms with E-state index >= 15 is 0 Å². The van der Waals surface area contributed by atoms with E-state index in [2.05, 4.69) is 10.6 Å². The van der Waals surface area contributed by atoms with Gasteiger partial charge in [-0.1, -0.05) is 0 Å². The molecule has 0 saturated carbocycles. The molecule has 0 saturated heterocycles. The Morgan fingerprint density at radius 3 is 2.65 bits per heavy atom. The van der Waals surface area contributed by atoms with Gasteiger partial charge < -0.3 is 15.5 Å². The Balaban J connectivity index is 2.22. The third-order valence-corrected chi connectivity index (χ3v) is 4.33. The summed E-state index contributed by atoms with van der Waals surface area (Å²) in [6.07, 6.45) is 0. The van der Waals surface area contributed by atoms with Crippen LogP contribution < -0.4 is 10.6 Å². The Morgan fingerprint density at radius 2 is 2.00 bits per heavy atom. The maximum atomic E-state index is 13.3. The van der Waals surface area contributed by atoms with Gasteiger partial charge in [-0.05, 0) is 32.2 Å². The number of nitrogens with one attached hydrogen (secondary N) is 3. The van der Waals surface area contributed by atoms with Gasteiger partial charge in [-0.2, -0.15) is 0 Å². The van der Waals surface area contributed by atoms with E-state index in [1.807, 2.05) is 32.0 Å². The average Bonchev–Trinajstić information content (AvgIpc) is 2.88. The van der Waals surface area contributed by atoms with Gasteiger partial charge in [-0.25, -0.2) is 8.78 Å². The Bertz CT molecular complexity index is 699. The number of benzene rings is 1. The van der Waals surface area contributed by atoms with Crippen molar-refractivity contribution in [1.82, 2.24) is 10.2 Å². The first-order chi connectivity index (χ1) is 10.9. The van der Waals surface area contributed by atoms with Crippen molar-refractivity contribution in [3.63, 3.8) is 0 Å². The zero-order chi connectivity index (χ0) is 17.0. The predicted molar refractivity (Wildman–Crippen MR) is 92.1 cm³/mol. The zero-order valence-electron chi connectivity index (χ0n) is 13.3. The highest BCUT2D eigenvalue weighted by Gasteiger charge is 2.16. The number of thiophene rings is 1. The number of aryl methyl sites for hydroxylation is 1. The predicted octanol–water partition coefficient (Wildman–Crippen LogP) is 3.55. The Hall–Kier alpha value is -1.99. The van der Waals surface area contributed by atoms with Crippen molar-refractivity contribution < 1.29 is 8.78 Å². The summed E-state index contributed by atoms with van der Waals surface area (Å²) in [6.45, 7) is 3.42. The van der Waals surface area contributed by atoms with Crippen LogP contribution in [0.15, 0.2) is 24.3 Å². The molecule has 0 fully saturated rings. The van der Waals surface area contributed by atoms with Gasteiger partial charge in [0.25, 0.3) is 0 Å². The molecule has 124 valence electrons. The summed E-state index contributed by atoms with van der Waals surface area (Å²) in [6, 6.07) is 5.60. The van der Waals surface area contributed by atoms with E-state index in [0.717, 1.165) is 34.1 Å². The van der Waals surface area contributed by atoms with E-state index in [-0.39, 0.29) is 0 Å². The topological polar surface area (TPSA) is 51.2 Å². The van der Waals surface area contributed by atoms with Gasteiger partial charge in [-0.15, -0.1) is 11.3 Å². The molecule has 2 aromatic rings. The van der Waals surface area contributed by atoms with Crippen LogP contribution in [-0.4, -0.2) is 37.9 Å². The minimum absolute atomic E-state index is 0.384. The van der Waals surface area contributed by atoms with Crippen molar-refractivity contribution in [3.05, 3.63) is 46.3 Å². The standard InChI is InChI=1S/C16H20F2N4S/c1-10-8-12(15(19)22(3)7-6-20-2)16(23-10)21-11-4-5-13(17)14(18)9-11/h4-5,8-9,19-21H,6-7H2,1-3H3. The average molecular weight is 338 g/mol. The number of amidine groups is 1. The van der Waals surface area contributed by atoms with Crippen LogP contribution in [0.3, 0.4) is 0 Å². The van der Waals surface area contributed by atoms with Crippen LogP contribution in [-0.2, 0) is 0 Å². The molecule has 1 heterocycles. The number of nitrogens with zero attached hydrogens (tertiary/aromatic N) is 1. The molecule has 3 N–H and O–H groups in total. The molecule has 7 heteroatoms. The van der Waals surface area contributed by atoms with Crippen molar-refractivity contribution in [2.75, 3.05) is 32.5 Å². The molecule has 2 rings (SSSR count). The summed E-state index contributed by atoms with van der Waals surface area (Å²) in [5.74, 6) is -1.39. The van der Waals surface area contributed by atoms with Gasteiger partial charge in [0, 0.05) is 36.8 Å². The maximum absolute atomic E-state index is 13.3. The van der Waals surface area contributed by atoms with E-state index in [1.54, 1.807) is 0 Å². The van der Waals surface area contributed by atoms with Crippen molar-refractivity contribution in [1.29, 1.82) is 5.41 Å². The molecule has 0 atom stereocenters. The molecule has 0 bridgehead atoms. The summed E-state index contributed by atoms with van der Waals surface area (Å²) in [5.41, 5.74) is 1.20. The van der Waals surface area contributed by atoms with Gasteiger partial charge in [-0.3, -0.25) is 5.41 Å². The summed E-state index contributed by atoms with van der Waals surface area (Å²) in [5, 5.41) is 15.2. The van der Waals surface area contributed by atoms with E-state index in [1.165, 1.54) is 17.4 Å². The van der Waals surface area contributed by atoms with Crippen molar-refractivity contribution >= 4 is 27.9 Å². The number of halogens is 2. The number of rotatable bonds is 6. The molecule has 1 aromatic heterocycles. The Labute approximate surface area is 138 Å². The monoisotopic (exact) mass is 338 g/mol. The second-order valence-electron chi connectivity index (χ2n) is 5.23. The van der Waals surface area contributed by atoms with Crippen LogP contribution in [0.5, 0.6) is 0 Å². The third-order valence-electron chi connectivity index (χ3n) is 3.37. The molecular weight excluding hydrogens is 318 g/mol. The summed E-state index contributed by atoms with van der Waals surface area (Å²) in [7, 11) is 3.72. The van der Waals surface area contributed by atoms with Gasteiger partial charge in [0.2, 0.25) is 0 Å². The van der Waals surface area contributed by atoms with Crippen LogP contribution in [0, 0.1) is 24.0 Å². The second-order valence-corrected chi connectivity index (χ2v) is 6.48. The molecule has 0 unspecified atom stereocenters. The zero-order valence-corrected chi connectivity index (χ0v) is 14.2. The lowest BCUT2D eigenvalue weighted by Crippen LogP contribution is -2.32. The lowest BCUT2D eigenvalue weighted by Gasteiger charge is -2.20. The minimum Gasteiger partial charge on any atom is -0.358 e. The van der Waals surface area contributed by atoms with Crippen LogP contribution in [0.1, 0.15) is 10.4 Å². The highest BCUT2D eigenvalue weighted by molar-refractivity contribution is 7.16. The molecule has 0 aliphatic carbocycles. The normalized spacial score (nSPS) is 10.7. The van der Waals surface area contributed by atoms with Crippen LogP contribution in [0.2, 0.25) is 0 Å². The number of hydrogen-bond acceptors (Lipinski definition) is 4. The number of hydrogen-bond donors (Lipinski definition) is 3. The number of anilines is 2. The van der Waals surface area contributed by atoms with Crippen molar-refractivity contribution in [2.45, 2.75) is 6.92 Å². The fraction of sp³-hybridized carbons (Fsp3) is 0.312. The Kier molecular flexibility index (Phi) is 5.68. The van der Waals surface area contributed by atoms with E-state index in [4.69, 9.17) is 5.41 Å². The van der Waals surface area contributed by atoms with Gasteiger partial charge in [0.1, 0.15) is 10.8 Å². The smallest absolute Gasteiger partial charge is 0.160 e. The fourth-order valence-corrected chi connectivity index (χ4v) is 3.02.